The second-order valence-electron chi connectivity index (χ2n) is 3.98. The van der Waals surface area contributed by atoms with Crippen LogP contribution in [0.2, 0.25) is 0 Å². The van der Waals surface area contributed by atoms with E-state index < -0.39 is 0 Å². The zero-order chi connectivity index (χ0) is 16.0. The molecule has 0 fully saturated rings. The highest BCUT2D eigenvalue weighted by Crippen LogP contribution is 2.31. The van der Waals surface area contributed by atoms with E-state index in [9.17, 15) is 0 Å². The first-order valence-electron chi connectivity index (χ1n) is 7.27. The van der Waals surface area contributed by atoms with Crippen LogP contribution in [0.25, 0.3) is 0 Å². The Morgan fingerprint density at radius 3 is 2.20 bits per heavy atom. The van der Waals surface area contributed by atoms with Crippen molar-refractivity contribution in [2.75, 3.05) is 0 Å². The van der Waals surface area contributed by atoms with Gasteiger partial charge < -0.3 is 0 Å². The minimum atomic E-state index is 0.554. The summed E-state index contributed by atoms with van der Waals surface area (Å²) >= 11 is 0. The van der Waals surface area contributed by atoms with Gasteiger partial charge in [0.2, 0.25) is 0 Å². The maximum atomic E-state index is 4.00. The van der Waals surface area contributed by atoms with E-state index in [0.29, 0.717) is 5.92 Å². The molecule has 0 aliphatic rings. The van der Waals surface area contributed by atoms with Crippen molar-refractivity contribution in [3.05, 3.63) is 52.6 Å². The average Bonchev–Trinajstić information content (AvgIpc) is 2.52. The predicted molar refractivity (Wildman–Crippen MR) is 96.5 cm³/mol. The fourth-order valence-corrected chi connectivity index (χ4v) is 2.73. The average molecular weight is 288 g/mol. The van der Waals surface area contributed by atoms with Crippen LogP contribution in [0.1, 0.15) is 57.8 Å². The molecule has 0 aliphatic carbocycles. The van der Waals surface area contributed by atoms with Gasteiger partial charge in [-0.1, -0.05) is 59.3 Å². The molecule has 110 valence electrons. The molecule has 0 saturated heterocycles. The van der Waals surface area contributed by atoms with Crippen LogP contribution in [-0.4, -0.2) is 0 Å². The van der Waals surface area contributed by atoms with Crippen molar-refractivity contribution in [1.82, 2.24) is 0 Å². The third-order valence-electron chi connectivity index (χ3n) is 2.84. The molecule has 0 aliphatic heterocycles. The van der Waals surface area contributed by atoms with Crippen molar-refractivity contribution in [2.24, 2.45) is 0 Å². The Labute approximate surface area is 128 Å². The molecule has 1 atom stereocenters. The lowest BCUT2D eigenvalue weighted by atomic mass is 9.90. The van der Waals surface area contributed by atoms with Gasteiger partial charge in [-0.3, -0.25) is 0 Å². The summed E-state index contributed by atoms with van der Waals surface area (Å²) in [5.74, 6) is 2.90. The molecular formula is C19H29P. The molecule has 0 aromatic carbocycles. The smallest absolute Gasteiger partial charge is 0.00868 e. The first kappa shape index (κ1) is 21.0. The molecule has 0 nitrogen and oxygen atoms in total. The standard InChI is InChI=1S/C15H21P.C2H6.C2H2/c1-5-8-13(6-2)15(7-3)14-10-9-12(4)16-11-14;2*1-2/h5-6,8-11,15H,7H2,1-4H3;1-2H3;1-2H/b8-5-,13-6+;;. The number of allylic oxidation sites excluding steroid dienone is 4. The topological polar surface area (TPSA) is 0 Å². The summed E-state index contributed by atoms with van der Waals surface area (Å²) in [6.45, 7) is 12.6. The summed E-state index contributed by atoms with van der Waals surface area (Å²) in [6.07, 6.45) is 15.7. The second-order valence-corrected chi connectivity index (χ2v) is 5.20. The monoisotopic (exact) mass is 288 g/mol. The molecule has 0 radical (unpaired) electrons. The van der Waals surface area contributed by atoms with Crippen molar-refractivity contribution in [3.63, 3.8) is 0 Å². The van der Waals surface area contributed by atoms with Gasteiger partial charge in [-0.25, -0.2) is 0 Å². The van der Waals surface area contributed by atoms with Gasteiger partial charge in [0.1, 0.15) is 0 Å². The fourth-order valence-electron chi connectivity index (χ4n) is 1.96. The molecule has 0 spiro atoms. The Balaban J connectivity index is 0. The van der Waals surface area contributed by atoms with Crippen LogP contribution in [0.5, 0.6) is 0 Å². The number of hydrogen-bond acceptors (Lipinski definition) is 0. The van der Waals surface area contributed by atoms with Gasteiger partial charge in [-0.15, -0.1) is 12.8 Å². The SMILES string of the molecule is C#C.C/C=C\C(=C/C)C(CC)c1ccc(C)pc1.CC. The van der Waals surface area contributed by atoms with E-state index in [2.05, 4.69) is 76.7 Å². The number of aryl methyl sites for hydroxylation is 1. The first-order chi connectivity index (χ1) is 9.72. The van der Waals surface area contributed by atoms with Crippen LogP contribution in [0.15, 0.2) is 41.7 Å². The summed E-state index contributed by atoms with van der Waals surface area (Å²) in [5, 5.41) is 1.42. The molecular weight excluding hydrogens is 259 g/mol. The van der Waals surface area contributed by atoms with E-state index in [1.165, 1.54) is 24.6 Å². The van der Waals surface area contributed by atoms with Crippen molar-refractivity contribution in [2.45, 2.75) is 53.9 Å². The molecule has 1 heteroatoms. The largest absolute Gasteiger partial charge is 0.124 e. The zero-order valence-electron chi connectivity index (χ0n) is 13.9. The summed E-state index contributed by atoms with van der Waals surface area (Å²) in [4.78, 5) is 0. The van der Waals surface area contributed by atoms with Crippen molar-refractivity contribution < 1.29 is 0 Å². The van der Waals surface area contributed by atoms with Crippen LogP contribution in [0.4, 0.5) is 0 Å². The number of rotatable bonds is 4. The van der Waals surface area contributed by atoms with E-state index in [0.717, 1.165) is 6.42 Å². The maximum Gasteiger partial charge on any atom is 0.00868 e. The van der Waals surface area contributed by atoms with Gasteiger partial charge in [0.25, 0.3) is 0 Å². The van der Waals surface area contributed by atoms with Gasteiger partial charge in [0.05, 0.1) is 0 Å². The third-order valence-corrected chi connectivity index (χ3v) is 3.82. The van der Waals surface area contributed by atoms with Crippen LogP contribution in [0, 0.1) is 19.8 Å². The maximum absolute atomic E-state index is 4.00. The van der Waals surface area contributed by atoms with Crippen molar-refractivity contribution >= 4 is 8.19 Å². The lowest BCUT2D eigenvalue weighted by Crippen LogP contribution is -1.99. The van der Waals surface area contributed by atoms with Crippen LogP contribution >= 0.6 is 8.19 Å². The summed E-state index contributed by atoms with van der Waals surface area (Å²) in [5.41, 5.74) is 2.89. The van der Waals surface area contributed by atoms with Crippen molar-refractivity contribution in [1.29, 1.82) is 0 Å². The van der Waals surface area contributed by atoms with Gasteiger partial charge in [0, 0.05) is 5.92 Å². The normalized spacial score (nSPS) is 12.3. The van der Waals surface area contributed by atoms with Crippen molar-refractivity contribution in [3.8, 4) is 12.8 Å². The number of terminal acetylenes is 1. The fraction of sp³-hybridized carbons (Fsp3) is 0.421. The highest BCUT2D eigenvalue weighted by Gasteiger charge is 2.11. The van der Waals surface area contributed by atoms with E-state index >= 15 is 0 Å². The van der Waals surface area contributed by atoms with E-state index in [1.54, 1.807) is 0 Å². The molecule has 20 heavy (non-hydrogen) atoms. The lowest BCUT2D eigenvalue weighted by Gasteiger charge is -2.16. The second kappa shape index (κ2) is 14.1. The Morgan fingerprint density at radius 1 is 1.25 bits per heavy atom. The molecule has 0 N–H and O–H groups in total. The molecule has 0 saturated carbocycles. The summed E-state index contributed by atoms with van der Waals surface area (Å²) < 4.78 is 0. The van der Waals surface area contributed by atoms with Crippen LogP contribution in [0.3, 0.4) is 0 Å². The molecule has 1 rings (SSSR count). The predicted octanol–water partition coefficient (Wildman–Crippen LogP) is 6.87. The zero-order valence-corrected chi connectivity index (χ0v) is 14.7. The van der Waals surface area contributed by atoms with Crippen LogP contribution < -0.4 is 0 Å². The molecule has 0 bridgehead atoms. The van der Waals surface area contributed by atoms with E-state index in [1.807, 2.05) is 13.8 Å². The highest BCUT2D eigenvalue weighted by atomic mass is 31.0. The van der Waals surface area contributed by atoms with Gasteiger partial charge in [0.15, 0.2) is 0 Å². The Kier molecular flexibility index (Phi) is 14.8. The minimum absolute atomic E-state index is 0.554. The van der Waals surface area contributed by atoms with Gasteiger partial charge in [-0.05, 0) is 49.4 Å². The molecule has 1 heterocycles. The lowest BCUT2D eigenvalue weighted by molar-refractivity contribution is 0.776. The van der Waals surface area contributed by atoms with E-state index in [4.69, 9.17) is 0 Å². The Bertz CT molecular complexity index is 407. The summed E-state index contributed by atoms with van der Waals surface area (Å²) in [7, 11) is 1.35. The Morgan fingerprint density at radius 2 is 1.85 bits per heavy atom. The van der Waals surface area contributed by atoms with Gasteiger partial charge >= 0.3 is 0 Å². The number of hydrogen-bond donors (Lipinski definition) is 0. The third kappa shape index (κ3) is 7.32. The van der Waals surface area contributed by atoms with Crippen LogP contribution in [-0.2, 0) is 0 Å². The molecule has 1 aromatic heterocycles. The molecule has 0 amide bonds. The van der Waals surface area contributed by atoms with Gasteiger partial charge in [-0.2, -0.15) is 0 Å². The summed E-state index contributed by atoms with van der Waals surface area (Å²) in [6, 6.07) is 4.51. The highest BCUT2D eigenvalue weighted by molar-refractivity contribution is 7.30. The molecule has 1 aromatic rings. The molecule has 1 unspecified atom stereocenters. The van der Waals surface area contributed by atoms with E-state index in [-0.39, 0.29) is 0 Å². The quantitative estimate of drug-likeness (QED) is 0.419. The Hall–Kier alpha value is -1.31. The first-order valence-corrected chi connectivity index (χ1v) is 8.24. The minimum Gasteiger partial charge on any atom is -0.124 e.